The number of carbonyl (C=O) groups is 4. The van der Waals surface area contributed by atoms with E-state index >= 15 is 0 Å². The number of hydrogen-bond donors (Lipinski definition) is 3. The highest BCUT2D eigenvalue weighted by Gasteiger charge is 2.30. The number of methoxy groups -OCH3 is 1. The second-order valence-corrected chi connectivity index (χ2v) is 16.8. The molecule has 3 N–H and O–H groups in total. The summed E-state index contributed by atoms with van der Waals surface area (Å²) in [7, 11) is 1.64. The SMILES string of the molecule is COCCOCCOCCOCCOCCOCCOCCOCCOCCOCCOCCOCCC(=O)NCCCC[C@H](NC(=O)OCC1c2ccccc2-c2ccccc21)C(=O)NCC(=O)c1cc[c]cc1. The number of Topliss-reactive ketones (excluding diaryl/α,β-unsaturated/α-hetero) is 1. The molecule has 0 saturated carbocycles. The van der Waals surface area contributed by atoms with E-state index in [1.165, 1.54) is 0 Å². The van der Waals surface area contributed by atoms with Gasteiger partial charge in [0, 0.05) is 31.6 Å². The number of ether oxygens (including phenoxy) is 13. The van der Waals surface area contributed by atoms with Gasteiger partial charge in [0.05, 0.1) is 159 Å². The minimum atomic E-state index is -0.965. The fourth-order valence-corrected chi connectivity index (χ4v) is 7.41. The molecule has 0 heterocycles. The summed E-state index contributed by atoms with van der Waals surface area (Å²) in [4.78, 5) is 51.6. The highest BCUT2D eigenvalue weighted by Crippen LogP contribution is 2.44. The lowest BCUT2D eigenvalue weighted by Crippen LogP contribution is -2.48. The molecule has 1 atom stereocenters. The van der Waals surface area contributed by atoms with Crippen LogP contribution < -0.4 is 16.0 Å². The van der Waals surface area contributed by atoms with Gasteiger partial charge in [0.25, 0.3) is 0 Å². The van der Waals surface area contributed by atoms with Crippen LogP contribution in [0.1, 0.15) is 53.1 Å². The van der Waals surface area contributed by atoms with E-state index in [4.69, 9.17) is 61.6 Å². The van der Waals surface area contributed by atoms with Gasteiger partial charge in [0.2, 0.25) is 11.8 Å². The maximum atomic E-state index is 13.3. The minimum Gasteiger partial charge on any atom is -0.449 e. The Morgan fingerprint density at radius 3 is 1.36 bits per heavy atom. The van der Waals surface area contributed by atoms with Gasteiger partial charge in [-0.2, -0.15) is 0 Å². The van der Waals surface area contributed by atoms with Gasteiger partial charge < -0.3 is 77.5 Å². The molecule has 20 nitrogen and oxygen atoms in total. The van der Waals surface area contributed by atoms with Gasteiger partial charge in [-0.05, 0) is 47.6 Å². The van der Waals surface area contributed by atoms with Crippen LogP contribution in [0.4, 0.5) is 4.79 Å². The fourth-order valence-electron chi connectivity index (χ4n) is 7.41. The summed E-state index contributed by atoms with van der Waals surface area (Å²) < 4.78 is 70.9. The molecule has 1 aliphatic rings. The Morgan fingerprint density at radius 1 is 0.507 bits per heavy atom. The number of benzene rings is 3. The zero-order chi connectivity index (χ0) is 53.1. The summed E-state index contributed by atoms with van der Waals surface area (Å²) in [6.07, 6.45) is 0.760. The van der Waals surface area contributed by atoms with Crippen molar-refractivity contribution >= 4 is 23.7 Å². The molecule has 3 aromatic rings. The van der Waals surface area contributed by atoms with Crippen LogP contribution in [0, 0.1) is 6.07 Å². The van der Waals surface area contributed by atoms with Crippen LogP contribution in [0.15, 0.2) is 72.8 Å². The van der Waals surface area contributed by atoms with Crippen LogP contribution >= 0.6 is 0 Å². The molecule has 0 aromatic heterocycles. The third kappa shape index (κ3) is 28.7. The molecule has 20 heteroatoms. The number of nitrogens with one attached hydrogen (secondary N) is 3. The zero-order valence-electron chi connectivity index (χ0n) is 43.7. The van der Waals surface area contributed by atoms with E-state index in [2.05, 4.69) is 34.1 Å². The number of rotatable bonds is 48. The molecular formula is C55H80N3O17. The van der Waals surface area contributed by atoms with Crippen molar-refractivity contribution in [3.8, 4) is 11.1 Å². The first-order valence-electron chi connectivity index (χ1n) is 26.0. The Labute approximate surface area is 442 Å². The molecule has 3 aromatic carbocycles. The number of carbonyl (C=O) groups excluding carboxylic acids is 4. The Balaban J connectivity index is 0.901. The second-order valence-electron chi connectivity index (χ2n) is 16.8. The van der Waals surface area contributed by atoms with E-state index in [0.29, 0.717) is 170 Å². The van der Waals surface area contributed by atoms with Crippen molar-refractivity contribution in [2.45, 2.75) is 37.6 Å². The van der Waals surface area contributed by atoms with Gasteiger partial charge in [-0.3, -0.25) is 14.4 Å². The van der Waals surface area contributed by atoms with E-state index in [1.807, 2.05) is 36.4 Å². The van der Waals surface area contributed by atoms with E-state index in [9.17, 15) is 19.2 Å². The fraction of sp³-hybridized carbons (Fsp3) is 0.600. The second kappa shape index (κ2) is 42.2. The van der Waals surface area contributed by atoms with Crippen LogP contribution in [-0.4, -0.2) is 208 Å². The van der Waals surface area contributed by atoms with Crippen molar-refractivity contribution in [2.75, 3.05) is 179 Å². The van der Waals surface area contributed by atoms with Crippen molar-refractivity contribution in [2.24, 2.45) is 0 Å². The first kappa shape index (κ1) is 62.6. The number of hydrogen-bond acceptors (Lipinski definition) is 17. The first-order valence-corrected chi connectivity index (χ1v) is 26.0. The van der Waals surface area contributed by atoms with E-state index < -0.39 is 18.0 Å². The molecule has 0 bridgehead atoms. The van der Waals surface area contributed by atoms with Crippen molar-refractivity contribution in [3.05, 3.63) is 95.6 Å². The van der Waals surface area contributed by atoms with Crippen molar-refractivity contribution in [3.63, 3.8) is 0 Å². The number of ketones is 1. The molecule has 0 spiro atoms. The normalized spacial score (nSPS) is 12.3. The highest BCUT2D eigenvalue weighted by molar-refractivity contribution is 6.00. The van der Waals surface area contributed by atoms with Gasteiger partial charge in [-0.25, -0.2) is 4.79 Å². The number of fused-ring (bicyclic) bond motifs is 3. The third-order valence-corrected chi connectivity index (χ3v) is 11.3. The monoisotopic (exact) mass is 1050 g/mol. The van der Waals surface area contributed by atoms with Crippen LogP contribution in [0.5, 0.6) is 0 Å². The number of amides is 3. The molecule has 1 radical (unpaired) electrons. The lowest BCUT2D eigenvalue weighted by atomic mass is 9.98. The standard InChI is InChI=1S/C55H80N3O17/c1-63-21-22-65-25-26-67-29-30-69-33-34-71-37-38-73-41-42-74-40-39-72-36-35-70-32-31-68-28-27-66-24-23-64-20-18-53(60)56-19-10-9-17-51(54(61)57-43-52(59)45-11-3-2-4-12-45)58-55(62)75-44-50-48-15-7-5-13-46(48)47-14-6-8-16-49(47)50/h3-8,11-16,50-51H,9-10,17-44H2,1H3,(H,56,60)(H,57,61)(H,58,62)/t51-/m0/s1. The maximum Gasteiger partial charge on any atom is 0.407 e. The molecule has 0 fully saturated rings. The van der Waals surface area contributed by atoms with Crippen LogP contribution in [0.25, 0.3) is 11.1 Å². The first-order chi connectivity index (χ1) is 37.0. The van der Waals surface area contributed by atoms with E-state index in [-0.39, 0.29) is 50.2 Å². The van der Waals surface area contributed by atoms with Gasteiger partial charge in [-0.1, -0.05) is 72.8 Å². The maximum absolute atomic E-state index is 13.3. The quantitative estimate of drug-likeness (QED) is 0.0533. The molecule has 4 rings (SSSR count). The Bertz CT molecular complexity index is 1920. The third-order valence-electron chi connectivity index (χ3n) is 11.3. The number of unbranched alkanes of at least 4 members (excludes halogenated alkanes) is 1. The van der Waals surface area contributed by atoms with Crippen LogP contribution in [-0.2, 0) is 71.2 Å². The molecule has 3 amide bonds. The summed E-state index contributed by atoms with van der Waals surface area (Å²) in [6, 6.07) is 24.5. The summed E-state index contributed by atoms with van der Waals surface area (Å²) >= 11 is 0. The van der Waals surface area contributed by atoms with E-state index in [1.54, 1.807) is 31.4 Å². The topological polar surface area (TPSA) is 224 Å². The summed E-state index contributed by atoms with van der Waals surface area (Å²) in [6.45, 7) is 10.9. The molecule has 0 aliphatic heterocycles. The Morgan fingerprint density at radius 2 is 0.920 bits per heavy atom. The van der Waals surface area contributed by atoms with Crippen molar-refractivity contribution < 1.29 is 80.8 Å². The molecule has 1 aliphatic carbocycles. The summed E-state index contributed by atoms with van der Waals surface area (Å²) in [5.74, 6) is -1.09. The number of alkyl carbamates (subject to hydrolysis) is 1. The average Bonchev–Trinajstić information content (AvgIpc) is 3.76. The lowest BCUT2D eigenvalue weighted by molar-refractivity contribution is -0.123. The van der Waals surface area contributed by atoms with E-state index in [0.717, 1.165) is 22.3 Å². The molecule has 75 heavy (non-hydrogen) atoms. The zero-order valence-corrected chi connectivity index (χ0v) is 43.7. The van der Waals surface area contributed by atoms with Gasteiger partial charge in [-0.15, -0.1) is 0 Å². The van der Waals surface area contributed by atoms with Gasteiger partial charge in [0.1, 0.15) is 12.6 Å². The van der Waals surface area contributed by atoms with Crippen molar-refractivity contribution in [1.82, 2.24) is 16.0 Å². The van der Waals surface area contributed by atoms with Crippen molar-refractivity contribution in [1.29, 1.82) is 0 Å². The van der Waals surface area contributed by atoms with Crippen LogP contribution in [0.2, 0.25) is 0 Å². The lowest BCUT2D eigenvalue weighted by Gasteiger charge is -2.20. The predicted octanol–water partition coefficient (Wildman–Crippen LogP) is 4.20. The molecule has 0 saturated heterocycles. The summed E-state index contributed by atoms with van der Waals surface area (Å²) in [5, 5.41) is 8.24. The van der Waals surface area contributed by atoms with Crippen LogP contribution in [0.3, 0.4) is 0 Å². The molecular weight excluding hydrogens is 975 g/mol. The Hall–Kier alpha value is -4.94. The molecule has 0 unspecified atom stereocenters. The largest absolute Gasteiger partial charge is 0.449 e. The highest BCUT2D eigenvalue weighted by atomic mass is 16.6. The average molecular weight is 1060 g/mol. The Kier molecular flexibility index (Phi) is 35.2. The minimum absolute atomic E-state index is 0.0892. The molecule has 417 valence electrons. The summed E-state index contributed by atoms with van der Waals surface area (Å²) in [5.41, 5.74) is 4.79. The van der Waals surface area contributed by atoms with Gasteiger partial charge >= 0.3 is 6.09 Å². The smallest absolute Gasteiger partial charge is 0.407 e. The van der Waals surface area contributed by atoms with Gasteiger partial charge in [0.15, 0.2) is 5.78 Å². The predicted molar refractivity (Wildman–Crippen MR) is 277 cm³/mol.